The molecule has 12 heteroatoms. The van der Waals surface area contributed by atoms with Crippen LogP contribution < -0.4 is 14.4 Å². The maximum atomic E-state index is 14.3. The Labute approximate surface area is 284 Å². The Bertz CT molecular complexity index is 1620. The number of hydrogen-bond donors (Lipinski definition) is 1. The standard InChI is InChI=1S/C33H38BrCl2N3O5S/c1-4-30(33(41)37-24-8-6-5-7-9-24)38(20-23-12-16-28(35)29(36)18-23)32(40)21-39(25-13-10-22(2)11-14-25)45(42,43)26-15-17-31(44-3)27(34)19-26/h10-19,24,30H,4-9,20-21H2,1-3H3,(H,37,41). The number of aryl methyl sites for hydroxylation is 1. The summed E-state index contributed by atoms with van der Waals surface area (Å²) in [6.45, 7) is 3.22. The second-order valence-corrected chi connectivity index (χ2v) is 14.7. The zero-order valence-electron chi connectivity index (χ0n) is 25.6. The van der Waals surface area contributed by atoms with Crippen molar-refractivity contribution in [2.24, 2.45) is 0 Å². The van der Waals surface area contributed by atoms with Crippen LogP contribution in [0, 0.1) is 6.92 Å². The van der Waals surface area contributed by atoms with E-state index in [4.69, 9.17) is 27.9 Å². The van der Waals surface area contributed by atoms with E-state index in [0.29, 0.717) is 37.9 Å². The van der Waals surface area contributed by atoms with Gasteiger partial charge < -0.3 is 15.0 Å². The summed E-state index contributed by atoms with van der Waals surface area (Å²) >= 11 is 15.8. The molecule has 1 aliphatic carbocycles. The van der Waals surface area contributed by atoms with Crippen molar-refractivity contribution in [1.82, 2.24) is 10.2 Å². The van der Waals surface area contributed by atoms with Crippen LogP contribution in [-0.4, -0.2) is 50.9 Å². The van der Waals surface area contributed by atoms with Gasteiger partial charge in [-0.25, -0.2) is 8.42 Å². The van der Waals surface area contributed by atoms with Gasteiger partial charge in [0.05, 0.1) is 32.2 Å². The molecular formula is C33H38BrCl2N3O5S. The Morgan fingerprint density at radius 1 is 1.00 bits per heavy atom. The molecule has 45 heavy (non-hydrogen) atoms. The Hall–Kier alpha value is -2.79. The fraction of sp³-hybridized carbons (Fsp3) is 0.394. The summed E-state index contributed by atoms with van der Waals surface area (Å²) in [5, 5.41) is 3.83. The molecule has 2 amide bonds. The van der Waals surface area contributed by atoms with Crippen molar-refractivity contribution in [3.8, 4) is 5.75 Å². The average Bonchev–Trinajstić information content (AvgIpc) is 3.02. The number of hydrogen-bond acceptors (Lipinski definition) is 5. The van der Waals surface area contributed by atoms with E-state index < -0.39 is 28.5 Å². The molecule has 4 rings (SSSR count). The topological polar surface area (TPSA) is 96.0 Å². The van der Waals surface area contributed by atoms with Gasteiger partial charge in [0.2, 0.25) is 11.8 Å². The first-order valence-corrected chi connectivity index (χ1v) is 17.9. The highest BCUT2D eigenvalue weighted by molar-refractivity contribution is 9.10. The Morgan fingerprint density at radius 3 is 2.29 bits per heavy atom. The summed E-state index contributed by atoms with van der Waals surface area (Å²) in [5.41, 5.74) is 1.90. The molecule has 0 saturated heterocycles. The quantitative estimate of drug-likeness (QED) is 0.207. The number of anilines is 1. The number of carbonyl (C=O) groups is 2. The number of carbonyl (C=O) groups excluding carboxylic acids is 2. The molecule has 1 fully saturated rings. The van der Waals surface area contributed by atoms with Crippen molar-refractivity contribution in [3.63, 3.8) is 0 Å². The maximum Gasteiger partial charge on any atom is 0.264 e. The molecule has 1 N–H and O–H groups in total. The summed E-state index contributed by atoms with van der Waals surface area (Å²) in [7, 11) is -2.75. The van der Waals surface area contributed by atoms with E-state index in [-0.39, 0.29) is 23.4 Å². The highest BCUT2D eigenvalue weighted by atomic mass is 79.9. The van der Waals surface area contributed by atoms with Crippen LogP contribution >= 0.6 is 39.1 Å². The van der Waals surface area contributed by atoms with Gasteiger partial charge in [-0.05, 0) is 90.1 Å². The van der Waals surface area contributed by atoms with Crippen LogP contribution in [0.25, 0.3) is 0 Å². The molecule has 0 bridgehead atoms. The minimum Gasteiger partial charge on any atom is -0.496 e. The summed E-state index contributed by atoms with van der Waals surface area (Å²) in [6, 6.07) is 15.5. The first-order chi connectivity index (χ1) is 21.4. The Morgan fingerprint density at radius 2 is 1.69 bits per heavy atom. The number of nitrogens with one attached hydrogen (secondary N) is 1. The lowest BCUT2D eigenvalue weighted by Gasteiger charge is -2.34. The second-order valence-electron chi connectivity index (χ2n) is 11.2. The van der Waals surface area contributed by atoms with Crippen LogP contribution in [0.5, 0.6) is 5.75 Å². The average molecular weight is 740 g/mol. The molecule has 1 unspecified atom stereocenters. The van der Waals surface area contributed by atoms with Crippen molar-refractivity contribution < 1.29 is 22.7 Å². The van der Waals surface area contributed by atoms with Gasteiger partial charge in [0.1, 0.15) is 18.3 Å². The lowest BCUT2D eigenvalue weighted by Crippen LogP contribution is -2.54. The van der Waals surface area contributed by atoms with Crippen molar-refractivity contribution in [2.45, 2.75) is 75.9 Å². The van der Waals surface area contributed by atoms with Crippen LogP contribution in [0.3, 0.4) is 0 Å². The first-order valence-electron chi connectivity index (χ1n) is 14.9. The van der Waals surface area contributed by atoms with Gasteiger partial charge in [-0.15, -0.1) is 0 Å². The molecular weight excluding hydrogens is 701 g/mol. The highest BCUT2D eigenvalue weighted by Crippen LogP contribution is 2.31. The Kier molecular flexibility index (Phi) is 12.2. The number of sulfonamides is 1. The minimum atomic E-state index is -4.24. The fourth-order valence-electron chi connectivity index (χ4n) is 5.47. The zero-order valence-corrected chi connectivity index (χ0v) is 29.5. The van der Waals surface area contributed by atoms with E-state index >= 15 is 0 Å². The van der Waals surface area contributed by atoms with Crippen LogP contribution in [-0.2, 0) is 26.2 Å². The number of ether oxygens (including phenoxy) is 1. The zero-order chi connectivity index (χ0) is 32.7. The number of nitrogens with zero attached hydrogens (tertiary/aromatic N) is 2. The smallest absolute Gasteiger partial charge is 0.264 e. The van der Waals surface area contributed by atoms with E-state index in [1.807, 2.05) is 13.8 Å². The summed E-state index contributed by atoms with van der Waals surface area (Å²) < 4.78 is 35.2. The van der Waals surface area contributed by atoms with Gasteiger partial charge in [-0.3, -0.25) is 13.9 Å². The molecule has 1 aliphatic rings. The molecule has 242 valence electrons. The molecule has 0 aromatic heterocycles. The first kappa shape index (κ1) is 35.1. The molecule has 0 spiro atoms. The van der Waals surface area contributed by atoms with Gasteiger partial charge in [0.15, 0.2) is 0 Å². The van der Waals surface area contributed by atoms with Crippen LogP contribution in [0.4, 0.5) is 5.69 Å². The third-order valence-corrected chi connectivity index (χ3v) is 11.1. The third-order valence-electron chi connectivity index (χ3n) is 7.99. The molecule has 3 aromatic rings. The van der Waals surface area contributed by atoms with Crippen molar-refractivity contribution in [2.75, 3.05) is 18.0 Å². The van der Waals surface area contributed by atoms with Gasteiger partial charge in [-0.1, -0.05) is 73.2 Å². The molecule has 0 aliphatic heterocycles. The monoisotopic (exact) mass is 737 g/mol. The van der Waals surface area contributed by atoms with Gasteiger partial charge in [0.25, 0.3) is 10.0 Å². The maximum absolute atomic E-state index is 14.3. The van der Waals surface area contributed by atoms with E-state index in [2.05, 4.69) is 21.2 Å². The number of methoxy groups -OCH3 is 1. The second kappa shape index (κ2) is 15.7. The molecule has 0 heterocycles. The lowest BCUT2D eigenvalue weighted by molar-refractivity contribution is -0.140. The minimum absolute atomic E-state index is 0.0262. The molecule has 1 saturated carbocycles. The predicted molar refractivity (Wildman–Crippen MR) is 183 cm³/mol. The molecule has 1 atom stereocenters. The van der Waals surface area contributed by atoms with Crippen molar-refractivity contribution >= 4 is 66.7 Å². The molecule has 0 radical (unpaired) electrons. The van der Waals surface area contributed by atoms with Crippen LogP contribution in [0.2, 0.25) is 10.0 Å². The van der Waals surface area contributed by atoms with Gasteiger partial charge >= 0.3 is 0 Å². The number of halogens is 3. The predicted octanol–water partition coefficient (Wildman–Crippen LogP) is 7.52. The van der Waals surface area contributed by atoms with Crippen molar-refractivity contribution in [3.05, 3.63) is 86.3 Å². The summed E-state index contributed by atoms with van der Waals surface area (Å²) in [5.74, 6) is -0.334. The number of rotatable bonds is 12. The van der Waals surface area contributed by atoms with E-state index in [1.54, 1.807) is 48.5 Å². The largest absolute Gasteiger partial charge is 0.496 e. The van der Waals surface area contributed by atoms with Crippen molar-refractivity contribution in [1.29, 1.82) is 0 Å². The Balaban J connectivity index is 1.73. The third kappa shape index (κ3) is 8.73. The van der Waals surface area contributed by atoms with Crippen LogP contribution in [0.1, 0.15) is 56.6 Å². The van der Waals surface area contributed by atoms with Gasteiger partial charge in [-0.2, -0.15) is 0 Å². The van der Waals surface area contributed by atoms with E-state index in [1.165, 1.54) is 24.1 Å². The summed E-state index contributed by atoms with van der Waals surface area (Å²) in [4.78, 5) is 29.5. The number of benzene rings is 3. The lowest BCUT2D eigenvalue weighted by atomic mass is 9.95. The highest BCUT2D eigenvalue weighted by Gasteiger charge is 2.34. The molecule has 8 nitrogen and oxygen atoms in total. The van der Waals surface area contributed by atoms with E-state index in [0.717, 1.165) is 42.0 Å². The fourth-order valence-corrected chi connectivity index (χ4v) is 7.93. The van der Waals surface area contributed by atoms with Gasteiger partial charge in [0, 0.05) is 12.6 Å². The number of amides is 2. The SMILES string of the molecule is CCC(C(=O)NC1CCCCC1)N(Cc1ccc(Cl)c(Cl)c1)C(=O)CN(c1ccc(C)cc1)S(=O)(=O)c1ccc(OC)c(Br)c1. The van der Waals surface area contributed by atoms with Crippen LogP contribution in [0.15, 0.2) is 70.0 Å². The normalized spacial score (nSPS) is 14.4. The summed E-state index contributed by atoms with van der Waals surface area (Å²) in [6.07, 6.45) is 5.32. The van der Waals surface area contributed by atoms with E-state index in [9.17, 15) is 18.0 Å². The molecule has 3 aromatic carbocycles.